The molecule has 0 bridgehead atoms. The van der Waals surface area contributed by atoms with Gasteiger partial charge in [0.05, 0.1) is 0 Å². The van der Waals surface area contributed by atoms with E-state index >= 15 is 0 Å². The van der Waals surface area contributed by atoms with Gasteiger partial charge in [-0.1, -0.05) is 106 Å². The van der Waals surface area contributed by atoms with Crippen LogP contribution in [0.5, 0.6) is 0 Å². The van der Waals surface area contributed by atoms with Crippen LogP contribution in [0.15, 0.2) is 146 Å². The molecule has 7 aromatic rings. The standard InChI is InChI=1S/C45H42N6/c1-31-7-19-37(20-8-31)49(38-21-9-32(2)10-22-38)43-46-44(50(39-23-11-33(3)12-24-39)40-25-13-34(4)14-26-40)48-45(47-43)51(41-27-15-35(5)16-28-41)42-29-17-36(6)18-30-42/h7-30H,1-6H3. The number of hydrogen-bond acceptors (Lipinski definition) is 6. The van der Waals surface area contributed by atoms with E-state index in [9.17, 15) is 0 Å². The van der Waals surface area contributed by atoms with E-state index in [2.05, 4.69) is 202 Å². The molecule has 0 spiro atoms. The Morgan fingerprint density at radius 1 is 0.235 bits per heavy atom. The Morgan fingerprint density at radius 2 is 0.373 bits per heavy atom. The third kappa shape index (κ3) is 7.36. The van der Waals surface area contributed by atoms with Crippen molar-refractivity contribution >= 4 is 52.0 Å². The topological polar surface area (TPSA) is 48.4 Å². The molecule has 0 radical (unpaired) electrons. The van der Waals surface area contributed by atoms with Gasteiger partial charge in [0.2, 0.25) is 17.8 Å². The average Bonchev–Trinajstić information content (AvgIpc) is 3.13. The zero-order valence-electron chi connectivity index (χ0n) is 30.0. The summed E-state index contributed by atoms with van der Waals surface area (Å²) in [7, 11) is 0. The summed E-state index contributed by atoms with van der Waals surface area (Å²) in [5, 5.41) is 0. The molecule has 7 rings (SSSR count). The first kappa shape index (κ1) is 33.2. The summed E-state index contributed by atoms with van der Waals surface area (Å²) in [6.07, 6.45) is 0. The molecule has 0 aliphatic carbocycles. The molecule has 252 valence electrons. The van der Waals surface area contributed by atoms with Crippen molar-refractivity contribution in [3.8, 4) is 0 Å². The third-order valence-electron chi connectivity index (χ3n) is 8.95. The monoisotopic (exact) mass is 666 g/mol. The molecular formula is C45H42N6. The lowest BCUT2D eigenvalue weighted by Gasteiger charge is -2.30. The summed E-state index contributed by atoms with van der Waals surface area (Å²) in [6.45, 7) is 12.6. The van der Waals surface area contributed by atoms with Crippen LogP contribution in [-0.2, 0) is 0 Å². The highest BCUT2D eigenvalue weighted by molar-refractivity contribution is 5.80. The van der Waals surface area contributed by atoms with Crippen LogP contribution in [-0.4, -0.2) is 15.0 Å². The molecule has 0 unspecified atom stereocenters. The fraction of sp³-hybridized carbons (Fsp3) is 0.133. The maximum Gasteiger partial charge on any atom is 0.241 e. The molecule has 0 fully saturated rings. The largest absolute Gasteiger partial charge is 0.279 e. The minimum Gasteiger partial charge on any atom is -0.279 e. The molecule has 0 aliphatic rings. The minimum absolute atomic E-state index is 0.496. The van der Waals surface area contributed by atoms with Crippen molar-refractivity contribution in [2.75, 3.05) is 14.7 Å². The SMILES string of the molecule is Cc1ccc(N(c2ccc(C)cc2)c2nc(N(c3ccc(C)cc3)c3ccc(C)cc3)nc(N(c3ccc(C)cc3)c3ccc(C)cc3)n2)cc1. The summed E-state index contributed by atoms with van der Waals surface area (Å²) >= 11 is 0. The number of rotatable bonds is 9. The summed E-state index contributed by atoms with van der Waals surface area (Å²) in [5.41, 5.74) is 12.7. The van der Waals surface area contributed by atoms with E-state index in [0.29, 0.717) is 17.8 Å². The first-order valence-corrected chi connectivity index (χ1v) is 17.3. The van der Waals surface area contributed by atoms with E-state index in [-0.39, 0.29) is 0 Å². The molecule has 1 heterocycles. The highest BCUT2D eigenvalue weighted by Crippen LogP contribution is 2.40. The number of nitrogens with zero attached hydrogens (tertiary/aromatic N) is 6. The van der Waals surface area contributed by atoms with Gasteiger partial charge in [-0.3, -0.25) is 14.7 Å². The summed E-state index contributed by atoms with van der Waals surface area (Å²) in [5.74, 6) is 1.49. The van der Waals surface area contributed by atoms with Gasteiger partial charge in [0.25, 0.3) is 0 Å². The van der Waals surface area contributed by atoms with Gasteiger partial charge < -0.3 is 0 Å². The normalized spacial score (nSPS) is 10.9. The van der Waals surface area contributed by atoms with Crippen LogP contribution in [0.2, 0.25) is 0 Å². The Hall–Kier alpha value is -6.27. The number of aromatic nitrogens is 3. The predicted octanol–water partition coefficient (Wildman–Crippen LogP) is 12.1. The van der Waals surface area contributed by atoms with Gasteiger partial charge in [-0.25, -0.2) is 0 Å². The third-order valence-corrected chi connectivity index (χ3v) is 8.95. The van der Waals surface area contributed by atoms with E-state index in [4.69, 9.17) is 15.0 Å². The number of anilines is 9. The Bertz CT molecular complexity index is 1820. The maximum absolute atomic E-state index is 5.33. The minimum atomic E-state index is 0.496. The summed E-state index contributed by atoms with van der Waals surface area (Å²) in [6, 6.07) is 50.9. The van der Waals surface area contributed by atoms with Gasteiger partial charge in [0.1, 0.15) is 0 Å². The predicted molar refractivity (Wildman–Crippen MR) is 212 cm³/mol. The van der Waals surface area contributed by atoms with E-state index < -0.39 is 0 Å². The Balaban J connectivity index is 1.54. The van der Waals surface area contributed by atoms with Crippen molar-refractivity contribution in [3.05, 3.63) is 179 Å². The van der Waals surface area contributed by atoms with Gasteiger partial charge in [-0.05, 0) is 114 Å². The van der Waals surface area contributed by atoms with Crippen molar-refractivity contribution in [2.45, 2.75) is 41.5 Å². The molecule has 1 aromatic heterocycles. The Morgan fingerprint density at radius 3 is 0.510 bits per heavy atom. The molecular weight excluding hydrogens is 625 g/mol. The number of aryl methyl sites for hydroxylation is 6. The lowest BCUT2D eigenvalue weighted by molar-refractivity contribution is 0.961. The zero-order valence-corrected chi connectivity index (χ0v) is 30.0. The first-order chi connectivity index (χ1) is 24.7. The van der Waals surface area contributed by atoms with Gasteiger partial charge in [0, 0.05) is 34.1 Å². The molecule has 0 N–H and O–H groups in total. The molecule has 6 aromatic carbocycles. The Labute approximate surface area is 301 Å². The molecule has 0 saturated heterocycles. The van der Waals surface area contributed by atoms with Crippen molar-refractivity contribution in [2.24, 2.45) is 0 Å². The smallest absolute Gasteiger partial charge is 0.241 e. The quantitative estimate of drug-likeness (QED) is 0.153. The molecule has 6 nitrogen and oxygen atoms in total. The first-order valence-electron chi connectivity index (χ1n) is 17.3. The number of benzene rings is 6. The van der Waals surface area contributed by atoms with E-state index in [1.54, 1.807) is 0 Å². The van der Waals surface area contributed by atoms with Gasteiger partial charge in [-0.15, -0.1) is 0 Å². The maximum atomic E-state index is 5.33. The van der Waals surface area contributed by atoms with Crippen molar-refractivity contribution in [3.63, 3.8) is 0 Å². The molecule has 6 heteroatoms. The van der Waals surface area contributed by atoms with Crippen molar-refractivity contribution in [1.29, 1.82) is 0 Å². The van der Waals surface area contributed by atoms with Gasteiger partial charge in [-0.2, -0.15) is 15.0 Å². The molecule has 0 aliphatic heterocycles. The molecule has 51 heavy (non-hydrogen) atoms. The van der Waals surface area contributed by atoms with Crippen LogP contribution in [0.4, 0.5) is 52.0 Å². The second-order valence-corrected chi connectivity index (χ2v) is 13.3. The summed E-state index contributed by atoms with van der Waals surface area (Å²) in [4.78, 5) is 22.3. The van der Waals surface area contributed by atoms with E-state index in [1.165, 1.54) is 33.4 Å². The van der Waals surface area contributed by atoms with Crippen LogP contribution < -0.4 is 14.7 Å². The molecule has 0 atom stereocenters. The second-order valence-electron chi connectivity index (χ2n) is 13.3. The fourth-order valence-corrected chi connectivity index (χ4v) is 5.95. The van der Waals surface area contributed by atoms with E-state index in [1.807, 2.05) is 0 Å². The van der Waals surface area contributed by atoms with Crippen LogP contribution in [0.3, 0.4) is 0 Å². The van der Waals surface area contributed by atoms with Gasteiger partial charge in [0.15, 0.2) is 0 Å². The van der Waals surface area contributed by atoms with Crippen LogP contribution in [0.25, 0.3) is 0 Å². The second kappa shape index (κ2) is 14.3. The summed E-state index contributed by atoms with van der Waals surface area (Å²) < 4.78 is 0. The lowest BCUT2D eigenvalue weighted by Crippen LogP contribution is -2.22. The number of hydrogen-bond donors (Lipinski definition) is 0. The van der Waals surface area contributed by atoms with Crippen LogP contribution >= 0.6 is 0 Å². The Kier molecular flexibility index (Phi) is 9.32. The van der Waals surface area contributed by atoms with Crippen molar-refractivity contribution < 1.29 is 0 Å². The van der Waals surface area contributed by atoms with Gasteiger partial charge >= 0.3 is 0 Å². The fourth-order valence-electron chi connectivity index (χ4n) is 5.95. The molecule has 0 saturated carbocycles. The lowest BCUT2D eigenvalue weighted by atomic mass is 10.1. The van der Waals surface area contributed by atoms with Crippen LogP contribution in [0.1, 0.15) is 33.4 Å². The van der Waals surface area contributed by atoms with Crippen molar-refractivity contribution in [1.82, 2.24) is 15.0 Å². The average molecular weight is 667 g/mol. The van der Waals surface area contributed by atoms with E-state index in [0.717, 1.165) is 34.1 Å². The van der Waals surface area contributed by atoms with Crippen LogP contribution in [0, 0.1) is 41.5 Å². The zero-order chi connectivity index (χ0) is 35.5. The molecule has 0 amide bonds. The highest BCUT2D eigenvalue weighted by Gasteiger charge is 2.26. The highest BCUT2D eigenvalue weighted by atomic mass is 15.4.